The van der Waals surface area contributed by atoms with E-state index in [1.165, 1.54) is 12.1 Å². The van der Waals surface area contributed by atoms with Gasteiger partial charge in [0.15, 0.2) is 0 Å². The minimum Gasteiger partial charge on any atom is -0.384 e. The molecule has 2 rings (SSSR count). The fraction of sp³-hybridized carbons (Fsp3) is 0.200. The predicted octanol–water partition coefficient (Wildman–Crippen LogP) is 2.74. The molecule has 0 spiro atoms. The first-order valence-electron chi connectivity index (χ1n) is 6.60. The molecule has 0 aliphatic carbocycles. The predicted molar refractivity (Wildman–Crippen MR) is 81.0 cm³/mol. The molecule has 6 heteroatoms. The summed E-state index contributed by atoms with van der Waals surface area (Å²) in [7, 11) is -3.71. The van der Waals surface area contributed by atoms with E-state index >= 15 is 0 Å². The average molecular weight is 308 g/mol. The van der Waals surface area contributed by atoms with E-state index in [1.54, 1.807) is 36.4 Å². The largest absolute Gasteiger partial charge is 0.384 e. The molecule has 0 fully saturated rings. The van der Waals surface area contributed by atoms with E-state index < -0.39 is 15.8 Å². The van der Waals surface area contributed by atoms with Gasteiger partial charge in [0.25, 0.3) is 0 Å². The smallest absolute Gasteiger partial charge is 0.242 e. The lowest BCUT2D eigenvalue weighted by Gasteiger charge is -2.12. The first-order valence-corrected chi connectivity index (χ1v) is 8.09. The van der Waals surface area contributed by atoms with Crippen LogP contribution in [0.25, 0.3) is 0 Å². The monoisotopic (exact) mass is 308 g/mol. The summed E-state index contributed by atoms with van der Waals surface area (Å²) in [6.07, 6.45) is 0. The van der Waals surface area contributed by atoms with Crippen LogP contribution in [-0.2, 0) is 16.6 Å². The highest BCUT2D eigenvalue weighted by molar-refractivity contribution is 7.89. The number of sulfonamides is 1. The Bertz CT molecular complexity index is 717. The van der Waals surface area contributed by atoms with Crippen LogP contribution in [0.5, 0.6) is 0 Å². The quantitative estimate of drug-likeness (QED) is 0.862. The third kappa shape index (κ3) is 3.80. The molecule has 0 atom stereocenters. The standard InChI is InChI=1S/C15H17FN2O2S/c1-2-17-14-9-5-6-10-15(14)21(19,20)18-11-12-7-3-4-8-13(12)16/h3-10,17-18H,2,11H2,1H3. The highest BCUT2D eigenvalue weighted by Crippen LogP contribution is 2.20. The maximum absolute atomic E-state index is 13.5. The summed E-state index contributed by atoms with van der Waals surface area (Å²) in [5, 5.41) is 3.00. The van der Waals surface area contributed by atoms with E-state index in [0.717, 1.165) is 0 Å². The van der Waals surface area contributed by atoms with Gasteiger partial charge in [-0.25, -0.2) is 17.5 Å². The fourth-order valence-corrected chi connectivity index (χ4v) is 3.12. The van der Waals surface area contributed by atoms with Crippen LogP contribution in [0.4, 0.5) is 10.1 Å². The molecule has 2 N–H and O–H groups in total. The number of hydrogen-bond acceptors (Lipinski definition) is 3. The van der Waals surface area contributed by atoms with Gasteiger partial charge < -0.3 is 5.32 Å². The summed E-state index contributed by atoms with van der Waals surface area (Å²) in [6, 6.07) is 12.7. The Morgan fingerprint density at radius 3 is 2.43 bits per heavy atom. The van der Waals surface area contributed by atoms with Crippen LogP contribution in [0.2, 0.25) is 0 Å². The van der Waals surface area contributed by atoms with Crippen LogP contribution in [0, 0.1) is 5.82 Å². The molecule has 0 bridgehead atoms. The Kier molecular flexibility index (Phi) is 4.93. The zero-order valence-corrected chi connectivity index (χ0v) is 12.5. The van der Waals surface area contributed by atoms with Crippen LogP contribution < -0.4 is 10.0 Å². The average Bonchev–Trinajstić information content (AvgIpc) is 2.47. The lowest BCUT2D eigenvalue weighted by Crippen LogP contribution is -2.24. The summed E-state index contributed by atoms with van der Waals surface area (Å²) in [6.45, 7) is 2.41. The van der Waals surface area contributed by atoms with E-state index in [-0.39, 0.29) is 11.4 Å². The maximum Gasteiger partial charge on any atom is 0.242 e. The molecule has 0 aliphatic rings. The van der Waals surface area contributed by atoms with Crippen molar-refractivity contribution in [3.05, 3.63) is 59.9 Å². The van der Waals surface area contributed by atoms with Crippen molar-refractivity contribution in [3.63, 3.8) is 0 Å². The zero-order chi connectivity index (χ0) is 15.3. The van der Waals surface area contributed by atoms with Crippen LogP contribution >= 0.6 is 0 Å². The summed E-state index contributed by atoms with van der Waals surface area (Å²) in [5.74, 6) is -0.430. The van der Waals surface area contributed by atoms with Crippen molar-refractivity contribution < 1.29 is 12.8 Å². The molecule has 21 heavy (non-hydrogen) atoms. The fourth-order valence-electron chi connectivity index (χ4n) is 1.93. The first-order chi connectivity index (χ1) is 10.0. The molecule has 0 aromatic heterocycles. The van der Waals surface area contributed by atoms with Crippen molar-refractivity contribution in [1.82, 2.24) is 4.72 Å². The molecule has 0 aliphatic heterocycles. The molecule has 112 valence electrons. The number of anilines is 1. The van der Waals surface area contributed by atoms with Crippen molar-refractivity contribution in [2.24, 2.45) is 0 Å². The Balaban J connectivity index is 2.21. The van der Waals surface area contributed by atoms with Crippen molar-refractivity contribution in [1.29, 1.82) is 0 Å². The highest BCUT2D eigenvalue weighted by Gasteiger charge is 2.18. The molecule has 2 aromatic carbocycles. The number of para-hydroxylation sites is 1. The van der Waals surface area contributed by atoms with Crippen molar-refractivity contribution in [2.45, 2.75) is 18.4 Å². The highest BCUT2D eigenvalue weighted by atomic mass is 32.2. The number of rotatable bonds is 6. The van der Waals surface area contributed by atoms with E-state index in [4.69, 9.17) is 0 Å². The van der Waals surface area contributed by atoms with Gasteiger partial charge in [0.05, 0.1) is 5.69 Å². The molecule has 0 heterocycles. The van der Waals surface area contributed by atoms with E-state index in [1.807, 2.05) is 6.92 Å². The molecule has 2 aromatic rings. The number of hydrogen-bond donors (Lipinski definition) is 2. The lowest BCUT2D eigenvalue weighted by molar-refractivity contribution is 0.574. The van der Waals surface area contributed by atoms with Crippen LogP contribution in [0.15, 0.2) is 53.4 Å². The topological polar surface area (TPSA) is 58.2 Å². The van der Waals surface area contributed by atoms with Crippen LogP contribution in [0.3, 0.4) is 0 Å². The molecule has 0 saturated carbocycles. The summed E-state index contributed by atoms with van der Waals surface area (Å²) in [4.78, 5) is 0.156. The number of nitrogens with one attached hydrogen (secondary N) is 2. The van der Waals surface area contributed by atoms with E-state index in [0.29, 0.717) is 17.8 Å². The lowest BCUT2D eigenvalue weighted by atomic mass is 10.2. The van der Waals surface area contributed by atoms with Gasteiger partial charge in [-0.2, -0.15) is 0 Å². The molecule has 0 radical (unpaired) electrons. The number of halogens is 1. The van der Waals surface area contributed by atoms with Gasteiger partial charge in [0, 0.05) is 18.7 Å². The van der Waals surface area contributed by atoms with Gasteiger partial charge in [-0.3, -0.25) is 0 Å². The second kappa shape index (κ2) is 6.69. The Hall–Kier alpha value is -1.92. The minimum atomic E-state index is -3.71. The van der Waals surface area contributed by atoms with Crippen molar-refractivity contribution in [2.75, 3.05) is 11.9 Å². The molecular formula is C15H17FN2O2S. The summed E-state index contributed by atoms with van der Waals surface area (Å²) < 4.78 is 40.6. The molecular weight excluding hydrogens is 291 g/mol. The van der Waals surface area contributed by atoms with Gasteiger partial charge in [0.1, 0.15) is 10.7 Å². The minimum absolute atomic E-state index is 0.0878. The summed E-state index contributed by atoms with van der Waals surface area (Å²) >= 11 is 0. The van der Waals surface area contributed by atoms with Gasteiger partial charge in [-0.1, -0.05) is 30.3 Å². The Morgan fingerprint density at radius 2 is 1.71 bits per heavy atom. The SMILES string of the molecule is CCNc1ccccc1S(=O)(=O)NCc1ccccc1F. The molecule has 0 saturated heterocycles. The number of benzene rings is 2. The Morgan fingerprint density at radius 1 is 1.05 bits per heavy atom. The zero-order valence-electron chi connectivity index (χ0n) is 11.6. The van der Waals surface area contributed by atoms with Gasteiger partial charge >= 0.3 is 0 Å². The third-order valence-electron chi connectivity index (χ3n) is 2.95. The summed E-state index contributed by atoms with van der Waals surface area (Å²) in [5.41, 5.74) is 0.836. The second-order valence-corrected chi connectivity index (χ2v) is 6.18. The Labute approximate surface area is 124 Å². The van der Waals surface area contributed by atoms with Crippen molar-refractivity contribution >= 4 is 15.7 Å². The van der Waals surface area contributed by atoms with Crippen LogP contribution in [-0.4, -0.2) is 15.0 Å². The normalized spacial score (nSPS) is 11.3. The van der Waals surface area contributed by atoms with Gasteiger partial charge in [-0.15, -0.1) is 0 Å². The first kappa shape index (κ1) is 15.5. The van der Waals surface area contributed by atoms with Crippen LogP contribution in [0.1, 0.15) is 12.5 Å². The van der Waals surface area contributed by atoms with E-state index in [2.05, 4.69) is 10.0 Å². The third-order valence-corrected chi connectivity index (χ3v) is 4.41. The molecule has 4 nitrogen and oxygen atoms in total. The van der Waals surface area contributed by atoms with E-state index in [9.17, 15) is 12.8 Å². The van der Waals surface area contributed by atoms with Crippen molar-refractivity contribution in [3.8, 4) is 0 Å². The maximum atomic E-state index is 13.5. The second-order valence-electron chi connectivity index (χ2n) is 4.44. The molecule has 0 unspecified atom stereocenters. The molecule has 0 amide bonds. The van der Waals surface area contributed by atoms with Gasteiger partial charge in [-0.05, 0) is 25.1 Å². The van der Waals surface area contributed by atoms with Gasteiger partial charge in [0.2, 0.25) is 10.0 Å².